The summed E-state index contributed by atoms with van der Waals surface area (Å²) in [4.78, 5) is 11.3. The van der Waals surface area contributed by atoms with Crippen LogP contribution in [0.2, 0.25) is 0 Å². The van der Waals surface area contributed by atoms with Gasteiger partial charge in [0.2, 0.25) is 5.91 Å². The molecule has 0 saturated heterocycles. The topological polar surface area (TPSA) is 41.1 Å². The molecule has 0 aromatic heterocycles. The maximum absolute atomic E-state index is 11.3. The van der Waals surface area contributed by atoms with Crippen LogP contribution in [0.3, 0.4) is 0 Å². The third kappa shape index (κ3) is 7.78. The standard InChI is InChI=1S/C10H22N2O/c1-5-6-9(4)12-10(13)7-11-8(2)3/h8-9,11H,5-7H2,1-4H3,(H,12,13). The summed E-state index contributed by atoms with van der Waals surface area (Å²) in [6, 6.07) is 0.665. The van der Waals surface area contributed by atoms with Gasteiger partial charge in [0.15, 0.2) is 0 Å². The lowest BCUT2D eigenvalue weighted by molar-refractivity contribution is -0.120. The summed E-state index contributed by atoms with van der Waals surface area (Å²) in [6.07, 6.45) is 2.16. The van der Waals surface area contributed by atoms with Gasteiger partial charge in [-0.3, -0.25) is 4.79 Å². The predicted octanol–water partition coefficient (Wildman–Crippen LogP) is 1.29. The molecule has 1 atom stereocenters. The Balaban J connectivity index is 3.50. The van der Waals surface area contributed by atoms with Crippen LogP contribution in [-0.4, -0.2) is 24.5 Å². The maximum atomic E-state index is 11.3. The molecule has 0 radical (unpaired) electrons. The Kier molecular flexibility index (Phi) is 6.59. The van der Waals surface area contributed by atoms with Gasteiger partial charge >= 0.3 is 0 Å². The van der Waals surface area contributed by atoms with E-state index < -0.39 is 0 Å². The number of hydrogen-bond acceptors (Lipinski definition) is 2. The lowest BCUT2D eigenvalue weighted by Gasteiger charge is -2.14. The van der Waals surface area contributed by atoms with Crippen molar-refractivity contribution in [1.29, 1.82) is 0 Å². The molecule has 0 spiro atoms. The van der Waals surface area contributed by atoms with Crippen molar-refractivity contribution < 1.29 is 4.79 Å². The zero-order chi connectivity index (χ0) is 10.3. The normalized spacial score (nSPS) is 13.0. The van der Waals surface area contributed by atoms with Crippen molar-refractivity contribution in [2.24, 2.45) is 0 Å². The molecule has 3 heteroatoms. The molecule has 78 valence electrons. The molecule has 0 aliphatic rings. The summed E-state index contributed by atoms with van der Waals surface area (Å²) in [5.74, 6) is 0.0923. The van der Waals surface area contributed by atoms with E-state index in [1.807, 2.05) is 20.8 Å². The van der Waals surface area contributed by atoms with Gasteiger partial charge in [-0.15, -0.1) is 0 Å². The second-order valence-corrected chi connectivity index (χ2v) is 3.79. The maximum Gasteiger partial charge on any atom is 0.234 e. The van der Waals surface area contributed by atoms with Crippen molar-refractivity contribution in [1.82, 2.24) is 10.6 Å². The monoisotopic (exact) mass is 186 g/mol. The van der Waals surface area contributed by atoms with Crippen LogP contribution in [0.4, 0.5) is 0 Å². The molecular formula is C10H22N2O. The van der Waals surface area contributed by atoms with Gasteiger partial charge in [0, 0.05) is 12.1 Å². The minimum absolute atomic E-state index is 0.0923. The molecule has 0 aliphatic heterocycles. The highest BCUT2D eigenvalue weighted by Crippen LogP contribution is 1.93. The molecule has 1 unspecified atom stereocenters. The molecule has 3 nitrogen and oxygen atoms in total. The summed E-state index contributed by atoms with van der Waals surface area (Å²) in [7, 11) is 0. The fourth-order valence-electron chi connectivity index (χ4n) is 1.13. The average molecular weight is 186 g/mol. The minimum Gasteiger partial charge on any atom is -0.353 e. The fourth-order valence-corrected chi connectivity index (χ4v) is 1.13. The van der Waals surface area contributed by atoms with Crippen LogP contribution in [-0.2, 0) is 4.79 Å². The number of carbonyl (C=O) groups excluding carboxylic acids is 1. The molecule has 0 rings (SSSR count). The van der Waals surface area contributed by atoms with E-state index in [0.717, 1.165) is 12.8 Å². The van der Waals surface area contributed by atoms with Crippen LogP contribution in [0.5, 0.6) is 0 Å². The first-order valence-corrected chi connectivity index (χ1v) is 5.09. The highest BCUT2D eigenvalue weighted by atomic mass is 16.1. The van der Waals surface area contributed by atoms with Crippen LogP contribution < -0.4 is 10.6 Å². The quantitative estimate of drug-likeness (QED) is 0.656. The highest BCUT2D eigenvalue weighted by Gasteiger charge is 2.05. The van der Waals surface area contributed by atoms with Crippen LogP contribution in [0.1, 0.15) is 40.5 Å². The smallest absolute Gasteiger partial charge is 0.234 e. The third-order valence-electron chi connectivity index (χ3n) is 1.80. The first-order valence-electron chi connectivity index (χ1n) is 5.09. The highest BCUT2D eigenvalue weighted by molar-refractivity contribution is 5.78. The summed E-state index contributed by atoms with van der Waals surface area (Å²) in [5.41, 5.74) is 0. The second-order valence-electron chi connectivity index (χ2n) is 3.79. The Morgan fingerprint density at radius 3 is 2.38 bits per heavy atom. The number of rotatable bonds is 6. The van der Waals surface area contributed by atoms with Gasteiger partial charge in [0.25, 0.3) is 0 Å². The predicted molar refractivity (Wildman–Crippen MR) is 55.7 cm³/mol. The summed E-state index contributed by atoms with van der Waals surface area (Å²) >= 11 is 0. The van der Waals surface area contributed by atoms with Gasteiger partial charge in [-0.25, -0.2) is 0 Å². The molecule has 0 aromatic carbocycles. The summed E-state index contributed by atoms with van der Waals surface area (Å²) in [6.45, 7) is 8.64. The van der Waals surface area contributed by atoms with Gasteiger partial charge in [0.05, 0.1) is 6.54 Å². The number of amides is 1. The fraction of sp³-hybridized carbons (Fsp3) is 0.900. The van der Waals surface area contributed by atoms with E-state index in [-0.39, 0.29) is 5.91 Å². The van der Waals surface area contributed by atoms with Crippen molar-refractivity contribution in [3.63, 3.8) is 0 Å². The zero-order valence-corrected chi connectivity index (χ0v) is 9.18. The van der Waals surface area contributed by atoms with E-state index in [4.69, 9.17) is 0 Å². The molecule has 13 heavy (non-hydrogen) atoms. The molecule has 0 aromatic rings. The average Bonchev–Trinajstić information content (AvgIpc) is 2.01. The molecule has 0 aliphatic carbocycles. The molecular weight excluding hydrogens is 164 g/mol. The Morgan fingerprint density at radius 2 is 1.92 bits per heavy atom. The largest absolute Gasteiger partial charge is 0.353 e. The van der Waals surface area contributed by atoms with Crippen LogP contribution in [0, 0.1) is 0 Å². The minimum atomic E-state index is 0.0923. The van der Waals surface area contributed by atoms with E-state index in [0.29, 0.717) is 18.6 Å². The van der Waals surface area contributed by atoms with Gasteiger partial charge in [-0.1, -0.05) is 27.2 Å². The Bertz CT molecular complexity index is 146. The first-order chi connectivity index (χ1) is 6.06. The number of hydrogen-bond donors (Lipinski definition) is 2. The Hall–Kier alpha value is -0.570. The summed E-state index contributed by atoms with van der Waals surface area (Å²) < 4.78 is 0. The molecule has 0 fully saturated rings. The third-order valence-corrected chi connectivity index (χ3v) is 1.80. The number of carbonyl (C=O) groups is 1. The van der Waals surface area contributed by atoms with Crippen molar-refractivity contribution >= 4 is 5.91 Å². The van der Waals surface area contributed by atoms with E-state index in [9.17, 15) is 4.79 Å². The molecule has 0 saturated carbocycles. The van der Waals surface area contributed by atoms with Crippen molar-refractivity contribution in [3.8, 4) is 0 Å². The second kappa shape index (κ2) is 6.89. The van der Waals surface area contributed by atoms with Crippen molar-refractivity contribution in [2.45, 2.75) is 52.6 Å². The van der Waals surface area contributed by atoms with Gasteiger partial charge < -0.3 is 10.6 Å². The van der Waals surface area contributed by atoms with E-state index in [1.54, 1.807) is 0 Å². The van der Waals surface area contributed by atoms with Crippen LogP contribution in [0.25, 0.3) is 0 Å². The molecule has 0 bridgehead atoms. The van der Waals surface area contributed by atoms with Crippen LogP contribution >= 0.6 is 0 Å². The van der Waals surface area contributed by atoms with E-state index >= 15 is 0 Å². The summed E-state index contributed by atoms with van der Waals surface area (Å²) in [5, 5.41) is 6.02. The lowest BCUT2D eigenvalue weighted by Crippen LogP contribution is -2.40. The van der Waals surface area contributed by atoms with E-state index in [2.05, 4.69) is 17.6 Å². The molecule has 0 heterocycles. The van der Waals surface area contributed by atoms with E-state index in [1.165, 1.54) is 0 Å². The van der Waals surface area contributed by atoms with Crippen molar-refractivity contribution in [3.05, 3.63) is 0 Å². The Labute approximate surface area is 81.3 Å². The lowest BCUT2D eigenvalue weighted by atomic mass is 10.2. The van der Waals surface area contributed by atoms with Gasteiger partial charge in [0.1, 0.15) is 0 Å². The van der Waals surface area contributed by atoms with Gasteiger partial charge in [-0.2, -0.15) is 0 Å². The zero-order valence-electron chi connectivity index (χ0n) is 9.18. The number of nitrogens with one attached hydrogen (secondary N) is 2. The van der Waals surface area contributed by atoms with Crippen molar-refractivity contribution in [2.75, 3.05) is 6.54 Å². The van der Waals surface area contributed by atoms with Crippen LogP contribution in [0.15, 0.2) is 0 Å². The molecule has 2 N–H and O–H groups in total. The first kappa shape index (κ1) is 12.4. The molecule has 1 amide bonds. The van der Waals surface area contributed by atoms with Gasteiger partial charge in [-0.05, 0) is 13.3 Å². The Morgan fingerprint density at radius 1 is 1.31 bits per heavy atom. The SMILES string of the molecule is CCCC(C)NC(=O)CNC(C)C.